The standard InChI is InChI=1S/C14H16N2O4/c1-2-18-13(17)14(7-3-4-8-14)12-15-11(16-20-12)10-6-5-9-19-10/h5-6,9H,2-4,7-8H2,1H3. The SMILES string of the molecule is CCOC(=O)C1(c2nc(-c3ccco3)no2)CCCC1. The van der Waals surface area contributed by atoms with Crippen molar-refractivity contribution in [2.45, 2.75) is 38.0 Å². The summed E-state index contributed by atoms with van der Waals surface area (Å²) in [5.41, 5.74) is -0.784. The minimum atomic E-state index is -0.784. The number of aromatic nitrogens is 2. The van der Waals surface area contributed by atoms with Gasteiger partial charge in [-0.25, -0.2) is 0 Å². The van der Waals surface area contributed by atoms with Crippen molar-refractivity contribution in [1.29, 1.82) is 0 Å². The maximum Gasteiger partial charge on any atom is 0.321 e. The summed E-state index contributed by atoms with van der Waals surface area (Å²) < 4.78 is 15.7. The van der Waals surface area contributed by atoms with Crippen molar-refractivity contribution in [2.24, 2.45) is 0 Å². The molecule has 6 heteroatoms. The van der Waals surface area contributed by atoms with E-state index in [2.05, 4.69) is 10.1 Å². The van der Waals surface area contributed by atoms with E-state index in [1.165, 1.54) is 0 Å². The molecule has 0 radical (unpaired) electrons. The molecule has 2 aromatic heterocycles. The van der Waals surface area contributed by atoms with Crippen LogP contribution in [0.25, 0.3) is 11.6 Å². The van der Waals surface area contributed by atoms with Gasteiger partial charge in [-0.15, -0.1) is 0 Å². The predicted molar refractivity (Wildman–Crippen MR) is 68.8 cm³/mol. The van der Waals surface area contributed by atoms with Gasteiger partial charge in [-0.05, 0) is 31.9 Å². The van der Waals surface area contributed by atoms with E-state index in [0.29, 0.717) is 36.9 Å². The molecule has 0 unspecified atom stereocenters. The molecule has 0 spiro atoms. The quantitative estimate of drug-likeness (QED) is 0.799. The van der Waals surface area contributed by atoms with Crippen molar-refractivity contribution < 1.29 is 18.5 Å². The molecule has 0 atom stereocenters. The fourth-order valence-electron chi connectivity index (χ4n) is 2.68. The second-order valence-corrected chi connectivity index (χ2v) is 4.91. The average molecular weight is 276 g/mol. The van der Waals surface area contributed by atoms with Crippen molar-refractivity contribution in [3.8, 4) is 11.6 Å². The van der Waals surface area contributed by atoms with Crippen LogP contribution in [0.2, 0.25) is 0 Å². The lowest BCUT2D eigenvalue weighted by Crippen LogP contribution is -2.35. The van der Waals surface area contributed by atoms with Crippen LogP contribution in [0.1, 0.15) is 38.5 Å². The first-order valence-corrected chi connectivity index (χ1v) is 6.81. The third kappa shape index (κ3) is 2.01. The number of rotatable bonds is 4. The topological polar surface area (TPSA) is 78.4 Å². The van der Waals surface area contributed by atoms with Gasteiger partial charge in [0.25, 0.3) is 0 Å². The monoisotopic (exact) mass is 276 g/mol. The summed E-state index contributed by atoms with van der Waals surface area (Å²) in [6, 6.07) is 3.50. The van der Waals surface area contributed by atoms with Crippen molar-refractivity contribution in [2.75, 3.05) is 6.61 Å². The molecular weight excluding hydrogens is 260 g/mol. The molecule has 0 saturated heterocycles. The van der Waals surface area contributed by atoms with Crippen molar-refractivity contribution in [3.63, 3.8) is 0 Å². The molecule has 0 N–H and O–H groups in total. The maximum atomic E-state index is 12.3. The molecule has 20 heavy (non-hydrogen) atoms. The Kier molecular flexibility index (Phi) is 3.30. The molecule has 6 nitrogen and oxygen atoms in total. The molecule has 106 valence electrons. The Hall–Kier alpha value is -2.11. The minimum Gasteiger partial charge on any atom is -0.465 e. The molecule has 2 aromatic rings. The number of furan rings is 1. The number of nitrogens with zero attached hydrogens (tertiary/aromatic N) is 2. The van der Waals surface area contributed by atoms with Crippen LogP contribution in [0, 0.1) is 0 Å². The zero-order valence-corrected chi connectivity index (χ0v) is 11.3. The van der Waals surface area contributed by atoms with Gasteiger partial charge in [-0.2, -0.15) is 4.98 Å². The molecule has 2 heterocycles. The molecule has 0 aliphatic heterocycles. The van der Waals surface area contributed by atoms with E-state index in [1.807, 2.05) is 0 Å². The van der Waals surface area contributed by atoms with Crippen LogP contribution in [0.3, 0.4) is 0 Å². The summed E-state index contributed by atoms with van der Waals surface area (Å²) in [5.74, 6) is 0.949. The van der Waals surface area contributed by atoms with E-state index in [4.69, 9.17) is 13.7 Å². The first kappa shape index (κ1) is 12.9. The number of hydrogen-bond acceptors (Lipinski definition) is 6. The van der Waals surface area contributed by atoms with Crippen LogP contribution in [0.5, 0.6) is 0 Å². The zero-order chi connectivity index (χ0) is 14.0. The highest BCUT2D eigenvalue weighted by atomic mass is 16.5. The molecule has 0 aromatic carbocycles. The predicted octanol–water partition coefficient (Wildman–Crippen LogP) is 2.70. The Bertz CT molecular complexity index is 582. The van der Waals surface area contributed by atoms with E-state index in [0.717, 1.165) is 12.8 Å². The minimum absolute atomic E-state index is 0.271. The normalized spacial score (nSPS) is 17.2. The van der Waals surface area contributed by atoms with Gasteiger partial charge in [0.05, 0.1) is 12.9 Å². The number of esters is 1. The Labute approximate surface area is 116 Å². The highest BCUT2D eigenvalue weighted by molar-refractivity contribution is 5.82. The summed E-state index contributed by atoms with van der Waals surface area (Å²) >= 11 is 0. The lowest BCUT2D eigenvalue weighted by molar-refractivity contribution is -0.151. The molecule has 3 rings (SSSR count). The van der Waals surface area contributed by atoms with Gasteiger partial charge in [-0.1, -0.05) is 18.0 Å². The van der Waals surface area contributed by atoms with Gasteiger partial charge in [0, 0.05) is 0 Å². The summed E-state index contributed by atoms with van der Waals surface area (Å²) in [6.07, 6.45) is 4.83. The number of carbonyl (C=O) groups excluding carboxylic acids is 1. The first-order chi connectivity index (χ1) is 9.76. The second kappa shape index (κ2) is 5.11. The Morgan fingerprint density at radius 3 is 2.90 bits per heavy atom. The zero-order valence-electron chi connectivity index (χ0n) is 11.3. The van der Waals surface area contributed by atoms with Crippen LogP contribution < -0.4 is 0 Å². The number of ether oxygens (including phenoxy) is 1. The first-order valence-electron chi connectivity index (χ1n) is 6.81. The van der Waals surface area contributed by atoms with E-state index in [1.54, 1.807) is 25.3 Å². The number of carbonyl (C=O) groups is 1. The fraction of sp³-hybridized carbons (Fsp3) is 0.500. The molecule has 0 bridgehead atoms. The van der Waals surface area contributed by atoms with Crippen LogP contribution in [-0.4, -0.2) is 22.7 Å². The average Bonchev–Trinajstić information content (AvgIpc) is 3.19. The lowest BCUT2D eigenvalue weighted by Gasteiger charge is -2.21. The second-order valence-electron chi connectivity index (χ2n) is 4.91. The van der Waals surface area contributed by atoms with Crippen LogP contribution in [0.4, 0.5) is 0 Å². The summed E-state index contributed by atoms with van der Waals surface area (Å²) in [4.78, 5) is 16.6. The van der Waals surface area contributed by atoms with Crippen molar-refractivity contribution in [3.05, 3.63) is 24.3 Å². The molecular formula is C14H16N2O4. The highest BCUT2D eigenvalue weighted by Gasteiger charge is 2.49. The maximum absolute atomic E-state index is 12.3. The Morgan fingerprint density at radius 1 is 1.45 bits per heavy atom. The van der Waals surface area contributed by atoms with Gasteiger partial charge in [0.2, 0.25) is 11.7 Å². The van der Waals surface area contributed by atoms with Crippen LogP contribution >= 0.6 is 0 Å². The van der Waals surface area contributed by atoms with Gasteiger partial charge in [0.1, 0.15) is 5.41 Å². The van der Waals surface area contributed by atoms with E-state index in [-0.39, 0.29) is 5.97 Å². The van der Waals surface area contributed by atoms with Gasteiger partial charge in [0.15, 0.2) is 5.76 Å². The molecule has 1 saturated carbocycles. The van der Waals surface area contributed by atoms with Gasteiger partial charge < -0.3 is 13.7 Å². The highest BCUT2D eigenvalue weighted by Crippen LogP contribution is 2.41. The molecule has 0 amide bonds. The van der Waals surface area contributed by atoms with Crippen LogP contribution in [-0.2, 0) is 14.9 Å². The summed E-state index contributed by atoms with van der Waals surface area (Å²) in [7, 11) is 0. The molecule has 1 aliphatic rings. The van der Waals surface area contributed by atoms with E-state index >= 15 is 0 Å². The van der Waals surface area contributed by atoms with Crippen LogP contribution in [0.15, 0.2) is 27.3 Å². The van der Waals surface area contributed by atoms with Crippen molar-refractivity contribution >= 4 is 5.97 Å². The summed E-state index contributed by atoms with van der Waals surface area (Å²) in [6.45, 7) is 2.14. The van der Waals surface area contributed by atoms with Gasteiger partial charge >= 0.3 is 5.97 Å². The lowest BCUT2D eigenvalue weighted by atomic mass is 9.86. The van der Waals surface area contributed by atoms with E-state index in [9.17, 15) is 4.79 Å². The molecule has 1 fully saturated rings. The Morgan fingerprint density at radius 2 is 2.25 bits per heavy atom. The third-order valence-corrected chi connectivity index (χ3v) is 3.70. The van der Waals surface area contributed by atoms with Gasteiger partial charge in [-0.3, -0.25) is 4.79 Å². The summed E-state index contributed by atoms with van der Waals surface area (Å²) in [5, 5.41) is 3.90. The van der Waals surface area contributed by atoms with E-state index < -0.39 is 5.41 Å². The Balaban J connectivity index is 1.94. The third-order valence-electron chi connectivity index (χ3n) is 3.70. The smallest absolute Gasteiger partial charge is 0.321 e. The molecule has 1 aliphatic carbocycles. The van der Waals surface area contributed by atoms with Crippen molar-refractivity contribution in [1.82, 2.24) is 10.1 Å². The largest absolute Gasteiger partial charge is 0.465 e. The number of hydrogen-bond donors (Lipinski definition) is 0. The fourth-order valence-corrected chi connectivity index (χ4v) is 2.68.